The summed E-state index contributed by atoms with van der Waals surface area (Å²) in [4.78, 5) is 19.0. The maximum absolute atomic E-state index is 13.4. The van der Waals surface area contributed by atoms with Crippen LogP contribution in [0.5, 0.6) is 0 Å². The average Bonchev–Trinajstić information content (AvgIpc) is 3.22. The number of piperidine rings is 1. The molecule has 0 atom stereocenters. The highest BCUT2D eigenvalue weighted by molar-refractivity contribution is 6.04. The van der Waals surface area contributed by atoms with Crippen molar-refractivity contribution in [2.75, 3.05) is 25.5 Å². The number of aromatic nitrogens is 2. The van der Waals surface area contributed by atoms with Crippen LogP contribution in [0.3, 0.4) is 0 Å². The maximum Gasteiger partial charge on any atom is 0.406 e. The van der Waals surface area contributed by atoms with Crippen LogP contribution >= 0.6 is 0 Å². The van der Waals surface area contributed by atoms with E-state index in [4.69, 9.17) is 0 Å². The van der Waals surface area contributed by atoms with Gasteiger partial charge in [-0.25, -0.2) is 0 Å². The number of hydrogen-bond donors (Lipinski definition) is 1. The first-order chi connectivity index (χ1) is 18.4. The van der Waals surface area contributed by atoms with Gasteiger partial charge < -0.3 is 14.8 Å². The average molecular weight is 536 g/mol. The number of rotatable bonds is 6. The van der Waals surface area contributed by atoms with Crippen LogP contribution in [0.4, 0.5) is 18.9 Å². The van der Waals surface area contributed by atoms with Gasteiger partial charge in [-0.15, -0.1) is 0 Å². The van der Waals surface area contributed by atoms with Gasteiger partial charge in [0.05, 0.1) is 34.8 Å². The quantitative estimate of drug-likeness (QED) is 0.413. The number of nitrogens with zero attached hydrogens (tertiary/aromatic N) is 4. The van der Waals surface area contributed by atoms with E-state index in [-0.39, 0.29) is 5.69 Å². The second-order valence-corrected chi connectivity index (χ2v) is 10.8. The summed E-state index contributed by atoms with van der Waals surface area (Å²) in [6, 6.07) is 12.5. The molecule has 1 saturated heterocycles. The van der Waals surface area contributed by atoms with Crippen molar-refractivity contribution in [2.45, 2.75) is 57.7 Å². The fourth-order valence-corrected chi connectivity index (χ4v) is 4.83. The highest BCUT2D eigenvalue weighted by Gasteiger charge is 2.29. The van der Waals surface area contributed by atoms with E-state index < -0.39 is 24.0 Å². The Balaban J connectivity index is 1.51. The fourth-order valence-electron chi connectivity index (χ4n) is 4.83. The van der Waals surface area contributed by atoms with Crippen molar-refractivity contribution in [3.8, 4) is 17.9 Å². The monoisotopic (exact) mass is 535 g/mol. The molecule has 0 aliphatic carbocycles. The third-order valence-corrected chi connectivity index (χ3v) is 7.23. The second kappa shape index (κ2) is 11.5. The highest BCUT2D eigenvalue weighted by atomic mass is 19.4. The molecule has 1 aromatic carbocycles. The summed E-state index contributed by atoms with van der Waals surface area (Å²) in [6.07, 6.45) is 1.24. The SMILES string of the molecule is CN1CCC(CCc2ccc3c(c2)cc(C#CC(=O)Nc2ccc(C(C)(C)C#N)nc2)n3CC(F)(F)F)CC1. The Labute approximate surface area is 226 Å². The Kier molecular flexibility index (Phi) is 8.32. The molecule has 1 fully saturated rings. The van der Waals surface area contributed by atoms with Crippen LogP contribution in [0.1, 0.15) is 50.1 Å². The molecule has 0 unspecified atom stereocenters. The number of hydrogen-bond acceptors (Lipinski definition) is 4. The Morgan fingerprint density at radius 3 is 2.54 bits per heavy atom. The molecule has 4 rings (SSSR count). The van der Waals surface area contributed by atoms with Gasteiger partial charge in [0.2, 0.25) is 0 Å². The van der Waals surface area contributed by atoms with Crippen LogP contribution in [0, 0.1) is 29.1 Å². The Morgan fingerprint density at radius 2 is 1.90 bits per heavy atom. The number of halogens is 3. The number of carbonyl (C=O) groups is 1. The minimum absolute atomic E-state index is 0.120. The predicted molar refractivity (Wildman–Crippen MR) is 145 cm³/mol. The van der Waals surface area contributed by atoms with Crippen LogP contribution < -0.4 is 5.32 Å². The maximum atomic E-state index is 13.4. The summed E-state index contributed by atoms with van der Waals surface area (Å²) in [6.45, 7) is 4.47. The molecule has 39 heavy (non-hydrogen) atoms. The minimum atomic E-state index is -4.44. The van der Waals surface area contributed by atoms with E-state index in [1.807, 2.05) is 12.1 Å². The number of aryl methyl sites for hydroxylation is 1. The predicted octanol–water partition coefficient (Wildman–Crippen LogP) is 5.66. The molecule has 204 valence electrons. The van der Waals surface area contributed by atoms with E-state index in [1.54, 1.807) is 38.1 Å². The molecule has 6 nitrogen and oxygen atoms in total. The van der Waals surface area contributed by atoms with Gasteiger partial charge in [0, 0.05) is 16.8 Å². The second-order valence-electron chi connectivity index (χ2n) is 10.8. The lowest BCUT2D eigenvalue weighted by atomic mass is 9.90. The van der Waals surface area contributed by atoms with E-state index in [0.29, 0.717) is 28.2 Å². The van der Waals surface area contributed by atoms with Gasteiger partial charge in [-0.05, 0) is 107 Å². The molecule has 9 heteroatoms. The molecule has 1 aliphatic heterocycles. The largest absolute Gasteiger partial charge is 0.406 e. The van der Waals surface area contributed by atoms with Crippen LogP contribution in [0.25, 0.3) is 10.9 Å². The first kappa shape index (κ1) is 28.2. The van der Waals surface area contributed by atoms with Crippen LogP contribution in [0.2, 0.25) is 0 Å². The van der Waals surface area contributed by atoms with Crippen molar-refractivity contribution in [1.82, 2.24) is 14.5 Å². The summed E-state index contributed by atoms with van der Waals surface area (Å²) >= 11 is 0. The van der Waals surface area contributed by atoms with E-state index in [2.05, 4.69) is 40.2 Å². The van der Waals surface area contributed by atoms with Crippen molar-refractivity contribution in [1.29, 1.82) is 5.26 Å². The molecule has 2 aromatic heterocycles. The fraction of sp³-hybridized carbons (Fsp3) is 0.433. The van der Waals surface area contributed by atoms with Gasteiger partial charge in [0.25, 0.3) is 0 Å². The minimum Gasteiger partial charge on any atom is -0.325 e. The zero-order valence-electron chi connectivity index (χ0n) is 22.4. The van der Waals surface area contributed by atoms with E-state index in [1.165, 1.54) is 19.0 Å². The van der Waals surface area contributed by atoms with Crippen molar-refractivity contribution in [3.63, 3.8) is 0 Å². The normalized spacial score (nSPS) is 15.0. The number of amides is 1. The molecule has 0 bridgehead atoms. The summed E-state index contributed by atoms with van der Waals surface area (Å²) < 4.78 is 41.3. The van der Waals surface area contributed by atoms with Crippen LogP contribution in [-0.2, 0) is 23.2 Å². The van der Waals surface area contributed by atoms with Crippen molar-refractivity contribution < 1.29 is 18.0 Å². The topological polar surface area (TPSA) is 74.0 Å². The van der Waals surface area contributed by atoms with Gasteiger partial charge in [-0.1, -0.05) is 6.07 Å². The number of fused-ring (bicyclic) bond motifs is 1. The number of carbonyl (C=O) groups excluding carboxylic acids is 1. The molecule has 1 N–H and O–H groups in total. The number of anilines is 1. The number of nitriles is 1. The number of alkyl halides is 3. The number of likely N-dealkylation sites (tertiary alicyclic amines) is 1. The summed E-state index contributed by atoms with van der Waals surface area (Å²) in [7, 11) is 2.13. The Bertz CT molecular complexity index is 1430. The highest BCUT2D eigenvalue weighted by Crippen LogP contribution is 2.28. The molecule has 0 radical (unpaired) electrons. The summed E-state index contributed by atoms with van der Waals surface area (Å²) in [5.41, 5.74) is 1.78. The lowest BCUT2D eigenvalue weighted by Gasteiger charge is -2.28. The molecule has 3 aromatic rings. The van der Waals surface area contributed by atoms with E-state index >= 15 is 0 Å². The van der Waals surface area contributed by atoms with Crippen LogP contribution in [-0.4, -0.2) is 46.7 Å². The zero-order valence-corrected chi connectivity index (χ0v) is 22.4. The summed E-state index contributed by atoms with van der Waals surface area (Å²) in [5, 5.41) is 12.5. The lowest BCUT2D eigenvalue weighted by Crippen LogP contribution is -2.30. The molecule has 1 amide bonds. The van der Waals surface area contributed by atoms with Gasteiger partial charge in [-0.2, -0.15) is 18.4 Å². The smallest absolute Gasteiger partial charge is 0.325 e. The van der Waals surface area contributed by atoms with Crippen molar-refractivity contribution >= 4 is 22.5 Å². The van der Waals surface area contributed by atoms with Gasteiger partial charge in [-0.3, -0.25) is 9.78 Å². The Morgan fingerprint density at radius 1 is 1.15 bits per heavy atom. The molecule has 3 heterocycles. The van der Waals surface area contributed by atoms with Crippen LogP contribution in [0.15, 0.2) is 42.6 Å². The third-order valence-electron chi connectivity index (χ3n) is 7.23. The number of nitrogens with one attached hydrogen (secondary N) is 1. The van der Waals surface area contributed by atoms with Gasteiger partial charge >= 0.3 is 12.1 Å². The standard InChI is InChI=1S/C30H32F3N5O/c1-29(2,19-34)27-10-7-24(18-35-27)36-28(39)11-8-25-17-23-16-22(5-4-21-12-14-37(3)15-13-21)6-9-26(23)38(25)20-30(31,32)33/h6-7,9-10,16-18,21H,4-5,12-15,20H2,1-3H3,(H,36,39). The van der Waals surface area contributed by atoms with Gasteiger partial charge in [0.15, 0.2) is 0 Å². The third kappa shape index (κ3) is 7.40. The first-order valence-corrected chi connectivity index (χ1v) is 13.0. The zero-order chi connectivity index (χ0) is 28.2. The van der Waals surface area contributed by atoms with E-state index in [0.717, 1.165) is 36.1 Å². The van der Waals surface area contributed by atoms with Gasteiger partial charge in [0.1, 0.15) is 6.54 Å². The molecular formula is C30H32F3N5O. The van der Waals surface area contributed by atoms with E-state index in [9.17, 15) is 23.2 Å². The summed E-state index contributed by atoms with van der Waals surface area (Å²) in [5.74, 6) is 5.02. The van der Waals surface area contributed by atoms with Crippen molar-refractivity contribution in [3.05, 3.63) is 59.5 Å². The number of pyridine rings is 1. The Hall–Kier alpha value is -3.82. The number of benzene rings is 1. The lowest BCUT2D eigenvalue weighted by molar-refractivity contribution is -0.140. The molecular weight excluding hydrogens is 503 g/mol. The molecule has 0 spiro atoms. The molecule has 0 saturated carbocycles. The van der Waals surface area contributed by atoms with Crippen molar-refractivity contribution in [2.24, 2.45) is 5.92 Å². The first-order valence-electron chi connectivity index (χ1n) is 13.0. The molecule has 1 aliphatic rings.